The van der Waals surface area contributed by atoms with Crippen LogP contribution < -0.4 is 0 Å². The van der Waals surface area contributed by atoms with Crippen molar-refractivity contribution in [3.05, 3.63) is 65.2 Å². The summed E-state index contributed by atoms with van der Waals surface area (Å²) in [5.74, 6) is -0.362. The fourth-order valence-corrected chi connectivity index (χ4v) is 4.15. The van der Waals surface area contributed by atoms with E-state index in [1.165, 1.54) is 10.9 Å². The van der Waals surface area contributed by atoms with E-state index in [9.17, 15) is 9.59 Å². The molecule has 26 heavy (non-hydrogen) atoms. The number of imidazole rings is 2. The van der Waals surface area contributed by atoms with Gasteiger partial charge in [-0.3, -0.25) is 18.7 Å². The van der Waals surface area contributed by atoms with Gasteiger partial charge in [-0.05, 0) is 25.0 Å². The van der Waals surface area contributed by atoms with Gasteiger partial charge >= 0.3 is 0 Å². The minimum atomic E-state index is -0.263. The highest BCUT2D eigenvalue weighted by Gasteiger charge is 2.40. The van der Waals surface area contributed by atoms with Crippen LogP contribution >= 0.6 is 11.6 Å². The van der Waals surface area contributed by atoms with E-state index in [0.29, 0.717) is 28.5 Å². The summed E-state index contributed by atoms with van der Waals surface area (Å²) in [4.78, 5) is 36.2. The molecule has 3 aromatic rings. The highest BCUT2D eigenvalue weighted by atomic mass is 35.5. The maximum Gasteiger partial charge on any atom is 0.283 e. The first-order chi connectivity index (χ1) is 12.7. The molecule has 8 heteroatoms. The number of benzene rings is 1. The Balaban J connectivity index is 1.78. The Hall–Kier alpha value is -2.93. The summed E-state index contributed by atoms with van der Waals surface area (Å²) in [7, 11) is 0. The molecule has 1 saturated heterocycles. The van der Waals surface area contributed by atoms with Gasteiger partial charge in [-0.15, -0.1) is 0 Å². The first kappa shape index (κ1) is 15.3. The van der Waals surface area contributed by atoms with Crippen LogP contribution in [0.15, 0.2) is 43.2 Å². The first-order valence-corrected chi connectivity index (χ1v) is 8.74. The minimum absolute atomic E-state index is 0.0992. The molecule has 130 valence electrons. The standard InChI is InChI=1S/C18H14ClN5O2/c19-11-3-1-4-12-14(11)17(25)23-7-2-5-13(23)16-15(21-10-24(12)16)18(26)22-8-6-20-9-22/h1,3-4,6,8-10,13H,2,5,7H2/t13-/m0/s1. The summed E-state index contributed by atoms with van der Waals surface area (Å²) in [6, 6.07) is 5.14. The van der Waals surface area contributed by atoms with E-state index >= 15 is 0 Å². The number of hydrogen-bond acceptors (Lipinski definition) is 4. The number of amides is 1. The fourth-order valence-electron chi connectivity index (χ4n) is 3.90. The van der Waals surface area contributed by atoms with E-state index in [1.807, 2.05) is 10.6 Å². The normalized spacial score (nSPS) is 18.3. The van der Waals surface area contributed by atoms with Crippen molar-refractivity contribution in [3.63, 3.8) is 0 Å². The number of aromatic nitrogens is 4. The van der Waals surface area contributed by atoms with Crippen molar-refractivity contribution in [1.82, 2.24) is 24.0 Å². The number of halogens is 1. The minimum Gasteiger partial charge on any atom is -0.330 e. The van der Waals surface area contributed by atoms with Gasteiger partial charge in [0.1, 0.15) is 12.7 Å². The van der Waals surface area contributed by atoms with E-state index in [-0.39, 0.29) is 17.9 Å². The van der Waals surface area contributed by atoms with Crippen LogP contribution in [-0.4, -0.2) is 42.4 Å². The Morgan fingerprint density at radius 1 is 1.27 bits per heavy atom. The van der Waals surface area contributed by atoms with E-state index in [1.54, 1.807) is 35.8 Å². The molecule has 2 aliphatic rings. The zero-order valence-corrected chi connectivity index (χ0v) is 14.4. The van der Waals surface area contributed by atoms with Crippen molar-refractivity contribution in [1.29, 1.82) is 0 Å². The first-order valence-electron chi connectivity index (χ1n) is 8.36. The quantitative estimate of drug-likeness (QED) is 0.663. The van der Waals surface area contributed by atoms with Crippen LogP contribution in [0, 0.1) is 0 Å². The van der Waals surface area contributed by atoms with Crippen molar-refractivity contribution >= 4 is 23.4 Å². The molecule has 0 saturated carbocycles. The Kier molecular flexibility index (Phi) is 3.27. The lowest BCUT2D eigenvalue weighted by Crippen LogP contribution is -2.30. The maximum atomic E-state index is 13.1. The molecule has 0 aliphatic carbocycles. The van der Waals surface area contributed by atoms with Crippen molar-refractivity contribution in [3.8, 4) is 5.69 Å². The highest BCUT2D eigenvalue weighted by molar-refractivity contribution is 6.34. The second kappa shape index (κ2) is 5.54. The lowest BCUT2D eigenvalue weighted by molar-refractivity contribution is 0.0735. The summed E-state index contributed by atoms with van der Waals surface area (Å²) in [5.41, 5.74) is 2.18. The Labute approximate surface area is 153 Å². The number of carbonyl (C=O) groups excluding carboxylic acids is 2. The summed E-state index contributed by atoms with van der Waals surface area (Å²) in [6.07, 6.45) is 7.85. The van der Waals surface area contributed by atoms with Gasteiger partial charge in [-0.2, -0.15) is 0 Å². The van der Waals surface area contributed by atoms with E-state index in [0.717, 1.165) is 18.5 Å². The SMILES string of the molecule is O=C1c2c(Cl)cccc2-n2cnc(C(=O)n3ccnc3)c2[C@@H]2CCCN12. The lowest BCUT2D eigenvalue weighted by atomic mass is 10.1. The van der Waals surface area contributed by atoms with Gasteiger partial charge in [-0.1, -0.05) is 17.7 Å². The third kappa shape index (κ3) is 2.00. The Morgan fingerprint density at radius 2 is 2.15 bits per heavy atom. The van der Waals surface area contributed by atoms with Gasteiger partial charge in [0.05, 0.1) is 28.0 Å². The van der Waals surface area contributed by atoms with Crippen LogP contribution in [0.3, 0.4) is 0 Å². The molecular formula is C18H14ClN5O2. The summed E-state index contributed by atoms with van der Waals surface area (Å²) in [5, 5.41) is 0.405. The highest BCUT2D eigenvalue weighted by Crippen LogP contribution is 2.41. The van der Waals surface area contributed by atoms with Crippen molar-refractivity contribution < 1.29 is 9.59 Å². The lowest BCUT2D eigenvalue weighted by Gasteiger charge is -2.23. The smallest absolute Gasteiger partial charge is 0.283 e. The molecule has 1 fully saturated rings. The largest absolute Gasteiger partial charge is 0.330 e. The molecule has 4 heterocycles. The van der Waals surface area contributed by atoms with Crippen LogP contribution in [0.2, 0.25) is 5.02 Å². The monoisotopic (exact) mass is 367 g/mol. The summed E-state index contributed by atoms with van der Waals surface area (Å²) in [6.45, 7) is 0.637. The van der Waals surface area contributed by atoms with Gasteiger partial charge in [0.15, 0.2) is 5.69 Å². The zero-order valence-electron chi connectivity index (χ0n) is 13.7. The molecule has 5 rings (SSSR count). The van der Waals surface area contributed by atoms with Crippen molar-refractivity contribution in [2.75, 3.05) is 6.54 Å². The third-order valence-corrected chi connectivity index (χ3v) is 5.36. The molecule has 0 unspecified atom stereocenters. The van der Waals surface area contributed by atoms with E-state index in [2.05, 4.69) is 9.97 Å². The molecular weight excluding hydrogens is 354 g/mol. The Bertz CT molecular complexity index is 1040. The molecule has 7 nitrogen and oxygen atoms in total. The van der Waals surface area contributed by atoms with Crippen LogP contribution in [0.5, 0.6) is 0 Å². The molecule has 2 aliphatic heterocycles. The predicted octanol–water partition coefficient (Wildman–Crippen LogP) is 2.70. The Morgan fingerprint density at radius 3 is 2.96 bits per heavy atom. The molecule has 0 radical (unpaired) electrons. The van der Waals surface area contributed by atoms with Crippen molar-refractivity contribution in [2.45, 2.75) is 18.9 Å². The molecule has 1 atom stereocenters. The molecule has 1 aromatic carbocycles. The van der Waals surface area contributed by atoms with Gasteiger partial charge in [0, 0.05) is 18.9 Å². The topological polar surface area (TPSA) is 73.0 Å². The molecule has 0 spiro atoms. The average Bonchev–Trinajstić information content (AvgIpc) is 3.38. The summed E-state index contributed by atoms with van der Waals surface area (Å²) < 4.78 is 3.23. The van der Waals surface area contributed by atoms with Gasteiger partial charge < -0.3 is 4.90 Å². The molecule has 0 bridgehead atoms. The second-order valence-corrected chi connectivity index (χ2v) is 6.82. The number of nitrogens with zero attached hydrogens (tertiary/aromatic N) is 5. The van der Waals surface area contributed by atoms with Crippen LogP contribution in [0.4, 0.5) is 0 Å². The van der Waals surface area contributed by atoms with Crippen LogP contribution in [0.1, 0.15) is 45.4 Å². The van der Waals surface area contributed by atoms with Crippen LogP contribution in [0.25, 0.3) is 5.69 Å². The fraction of sp³-hybridized carbons (Fsp3) is 0.222. The molecule has 2 aromatic heterocycles. The van der Waals surface area contributed by atoms with E-state index in [4.69, 9.17) is 11.6 Å². The number of fused-ring (bicyclic) bond motifs is 5. The van der Waals surface area contributed by atoms with Crippen molar-refractivity contribution in [2.24, 2.45) is 0 Å². The number of hydrogen-bond donors (Lipinski definition) is 0. The molecule has 0 N–H and O–H groups in total. The van der Waals surface area contributed by atoms with Gasteiger partial charge in [0.25, 0.3) is 11.8 Å². The maximum absolute atomic E-state index is 13.1. The predicted molar refractivity (Wildman–Crippen MR) is 93.5 cm³/mol. The third-order valence-electron chi connectivity index (χ3n) is 5.04. The van der Waals surface area contributed by atoms with Gasteiger partial charge in [-0.25, -0.2) is 9.97 Å². The summed E-state index contributed by atoms with van der Waals surface area (Å²) >= 11 is 6.36. The van der Waals surface area contributed by atoms with Crippen LogP contribution in [-0.2, 0) is 0 Å². The van der Waals surface area contributed by atoms with E-state index < -0.39 is 0 Å². The zero-order chi connectivity index (χ0) is 17.8. The number of carbonyl (C=O) groups is 2. The molecule has 1 amide bonds. The number of rotatable bonds is 1. The average molecular weight is 368 g/mol. The van der Waals surface area contributed by atoms with Gasteiger partial charge in [0.2, 0.25) is 0 Å². The second-order valence-electron chi connectivity index (χ2n) is 6.41.